The number of carbonyl (C=O) groups is 2. The highest BCUT2D eigenvalue weighted by atomic mass is 16.2. The van der Waals surface area contributed by atoms with E-state index in [0.717, 1.165) is 23.2 Å². The first-order valence-electron chi connectivity index (χ1n) is 6.12. The monoisotopic (exact) mass is 257 g/mol. The number of carbonyl (C=O) groups excluding carboxylic acids is 2. The lowest BCUT2D eigenvalue weighted by atomic mass is 10.1. The summed E-state index contributed by atoms with van der Waals surface area (Å²) in [5, 5.41) is 11.2. The van der Waals surface area contributed by atoms with Gasteiger partial charge in [0.25, 0.3) is 0 Å². The summed E-state index contributed by atoms with van der Waals surface area (Å²) in [4.78, 5) is 24.2. The molecule has 0 radical (unpaired) electrons. The Hall–Kier alpha value is -2.35. The zero-order chi connectivity index (χ0) is 13.8. The van der Waals surface area contributed by atoms with E-state index >= 15 is 0 Å². The molecule has 1 aromatic rings. The molecule has 1 aromatic carbocycles. The van der Waals surface area contributed by atoms with Crippen molar-refractivity contribution in [1.29, 1.82) is 5.26 Å². The number of nitriles is 1. The van der Waals surface area contributed by atoms with Crippen molar-refractivity contribution < 1.29 is 9.59 Å². The highest BCUT2D eigenvalue weighted by Gasteiger charge is 2.17. The maximum absolute atomic E-state index is 11.4. The molecular weight excluding hydrogens is 242 g/mol. The van der Waals surface area contributed by atoms with Crippen LogP contribution in [-0.2, 0) is 22.4 Å². The second-order valence-electron chi connectivity index (χ2n) is 4.62. The molecule has 19 heavy (non-hydrogen) atoms. The van der Waals surface area contributed by atoms with Gasteiger partial charge in [0, 0.05) is 19.3 Å². The first kappa shape index (κ1) is 13.1. The van der Waals surface area contributed by atoms with Crippen LogP contribution in [0.15, 0.2) is 18.2 Å². The Morgan fingerprint density at radius 1 is 1.53 bits per heavy atom. The van der Waals surface area contributed by atoms with Crippen LogP contribution in [-0.4, -0.2) is 30.3 Å². The maximum Gasteiger partial charge on any atom is 0.236 e. The Bertz CT molecular complexity index is 560. The number of hydrogen-bond acceptors (Lipinski definition) is 3. The average molecular weight is 257 g/mol. The summed E-state index contributed by atoms with van der Waals surface area (Å²) in [5.41, 5.74) is 2.98. The molecule has 1 N–H and O–H groups in total. The number of amides is 2. The number of anilines is 1. The zero-order valence-corrected chi connectivity index (χ0v) is 10.8. The molecule has 5 heteroatoms. The average Bonchev–Trinajstić information content (AvgIpc) is 2.75. The normalized spacial score (nSPS) is 12.5. The van der Waals surface area contributed by atoms with Crippen LogP contribution in [0, 0.1) is 11.3 Å². The number of likely N-dealkylation sites (N-methyl/N-ethyl adjacent to an activating group) is 1. The SMILES string of the molecule is CN(CCc1ccc2c(c1)CC(=O)N2)C(=O)CC#N. The molecule has 0 unspecified atom stereocenters. The van der Waals surface area contributed by atoms with Gasteiger partial charge in [0.05, 0.1) is 12.5 Å². The quantitative estimate of drug-likeness (QED) is 0.877. The van der Waals surface area contributed by atoms with Gasteiger partial charge in [-0.1, -0.05) is 12.1 Å². The lowest BCUT2D eigenvalue weighted by Crippen LogP contribution is -2.28. The number of hydrogen-bond donors (Lipinski definition) is 1. The van der Waals surface area contributed by atoms with E-state index in [0.29, 0.717) is 13.0 Å². The third-order valence-electron chi connectivity index (χ3n) is 3.19. The fourth-order valence-electron chi connectivity index (χ4n) is 2.06. The lowest BCUT2D eigenvalue weighted by molar-refractivity contribution is -0.128. The van der Waals surface area contributed by atoms with Gasteiger partial charge < -0.3 is 10.2 Å². The van der Waals surface area contributed by atoms with Crippen LogP contribution < -0.4 is 5.32 Å². The summed E-state index contributed by atoms with van der Waals surface area (Å²) in [6.07, 6.45) is 1.06. The van der Waals surface area contributed by atoms with Crippen molar-refractivity contribution in [1.82, 2.24) is 4.90 Å². The first-order valence-corrected chi connectivity index (χ1v) is 6.12. The van der Waals surface area contributed by atoms with E-state index in [9.17, 15) is 9.59 Å². The van der Waals surface area contributed by atoms with Crippen LogP contribution in [0.3, 0.4) is 0 Å². The molecule has 98 valence electrons. The standard InChI is InChI=1S/C14H15N3O2/c1-17(14(19)4-6-15)7-5-10-2-3-12-11(8-10)9-13(18)16-12/h2-3,8H,4-5,7,9H2,1H3,(H,16,18). The van der Waals surface area contributed by atoms with E-state index in [4.69, 9.17) is 5.26 Å². The fourth-order valence-corrected chi connectivity index (χ4v) is 2.06. The second-order valence-corrected chi connectivity index (χ2v) is 4.62. The number of fused-ring (bicyclic) bond motifs is 1. The van der Waals surface area contributed by atoms with E-state index in [1.54, 1.807) is 11.9 Å². The van der Waals surface area contributed by atoms with Crippen LogP contribution in [0.1, 0.15) is 17.5 Å². The number of nitrogens with zero attached hydrogens (tertiary/aromatic N) is 2. The Morgan fingerprint density at radius 3 is 3.05 bits per heavy atom. The first-order chi connectivity index (χ1) is 9.10. The third kappa shape index (κ3) is 3.10. The second kappa shape index (κ2) is 5.53. The minimum absolute atomic E-state index is 0.0217. The summed E-state index contributed by atoms with van der Waals surface area (Å²) in [7, 11) is 1.69. The largest absolute Gasteiger partial charge is 0.345 e. The van der Waals surface area contributed by atoms with Gasteiger partial charge in [-0.05, 0) is 23.6 Å². The van der Waals surface area contributed by atoms with E-state index in [-0.39, 0.29) is 18.2 Å². The van der Waals surface area contributed by atoms with Gasteiger partial charge in [0.15, 0.2) is 0 Å². The summed E-state index contributed by atoms with van der Waals surface area (Å²) in [6, 6.07) is 7.69. The van der Waals surface area contributed by atoms with Crippen molar-refractivity contribution in [3.8, 4) is 6.07 Å². The number of benzene rings is 1. The zero-order valence-electron chi connectivity index (χ0n) is 10.8. The maximum atomic E-state index is 11.4. The minimum Gasteiger partial charge on any atom is -0.345 e. The molecule has 0 aromatic heterocycles. The highest BCUT2D eigenvalue weighted by molar-refractivity contribution is 5.99. The Morgan fingerprint density at radius 2 is 2.32 bits per heavy atom. The van der Waals surface area contributed by atoms with E-state index < -0.39 is 0 Å². The van der Waals surface area contributed by atoms with Crippen LogP contribution in [0.2, 0.25) is 0 Å². The molecule has 5 nitrogen and oxygen atoms in total. The van der Waals surface area contributed by atoms with E-state index in [1.165, 1.54) is 0 Å². The molecule has 0 fully saturated rings. The van der Waals surface area contributed by atoms with Gasteiger partial charge in [-0.2, -0.15) is 5.26 Å². The molecule has 1 heterocycles. The van der Waals surface area contributed by atoms with Crippen molar-refractivity contribution in [2.75, 3.05) is 18.9 Å². The molecule has 0 saturated heterocycles. The minimum atomic E-state index is -0.166. The smallest absolute Gasteiger partial charge is 0.236 e. The van der Waals surface area contributed by atoms with Crippen molar-refractivity contribution in [3.05, 3.63) is 29.3 Å². The summed E-state index contributed by atoms with van der Waals surface area (Å²) in [5.74, 6) is -0.144. The predicted molar refractivity (Wildman–Crippen MR) is 70.3 cm³/mol. The van der Waals surface area contributed by atoms with Crippen molar-refractivity contribution in [2.45, 2.75) is 19.3 Å². The molecule has 0 saturated carbocycles. The van der Waals surface area contributed by atoms with E-state index in [1.807, 2.05) is 24.3 Å². The van der Waals surface area contributed by atoms with Gasteiger partial charge in [-0.15, -0.1) is 0 Å². The molecule has 2 amide bonds. The molecule has 1 aliphatic rings. The van der Waals surface area contributed by atoms with Gasteiger partial charge in [-0.25, -0.2) is 0 Å². The Kier molecular flexibility index (Phi) is 3.81. The molecule has 0 aliphatic carbocycles. The van der Waals surface area contributed by atoms with E-state index in [2.05, 4.69) is 5.32 Å². The van der Waals surface area contributed by atoms with Crippen LogP contribution in [0.25, 0.3) is 0 Å². The number of nitrogens with one attached hydrogen (secondary N) is 1. The Labute approximate surface area is 111 Å². The third-order valence-corrected chi connectivity index (χ3v) is 3.19. The topological polar surface area (TPSA) is 73.2 Å². The lowest BCUT2D eigenvalue weighted by Gasteiger charge is -2.15. The molecule has 0 atom stereocenters. The van der Waals surface area contributed by atoms with Gasteiger partial charge in [0.2, 0.25) is 11.8 Å². The summed E-state index contributed by atoms with van der Waals surface area (Å²) in [6.45, 7) is 0.570. The fraction of sp³-hybridized carbons (Fsp3) is 0.357. The van der Waals surface area contributed by atoms with Crippen LogP contribution in [0.4, 0.5) is 5.69 Å². The number of rotatable bonds is 4. The summed E-state index contributed by atoms with van der Waals surface area (Å²) >= 11 is 0. The van der Waals surface area contributed by atoms with Gasteiger partial charge >= 0.3 is 0 Å². The summed E-state index contributed by atoms with van der Waals surface area (Å²) < 4.78 is 0. The van der Waals surface area contributed by atoms with Crippen molar-refractivity contribution >= 4 is 17.5 Å². The van der Waals surface area contributed by atoms with Crippen molar-refractivity contribution in [3.63, 3.8) is 0 Å². The molecule has 2 rings (SSSR count). The van der Waals surface area contributed by atoms with Crippen LogP contribution >= 0.6 is 0 Å². The predicted octanol–water partition coefficient (Wildman–Crippen LogP) is 1.10. The molecule has 0 bridgehead atoms. The highest BCUT2D eigenvalue weighted by Crippen LogP contribution is 2.24. The van der Waals surface area contributed by atoms with Gasteiger partial charge in [0.1, 0.15) is 6.42 Å². The molecular formula is C14H15N3O2. The molecule has 0 spiro atoms. The van der Waals surface area contributed by atoms with Crippen LogP contribution in [0.5, 0.6) is 0 Å². The van der Waals surface area contributed by atoms with Gasteiger partial charge in [-0.3, -0.25) is 9.59 Å². The molecule has 1 aliphatic heterocycles. The van der Waals surface area contributed by atoms with Crippen molar-refractivity contribution in [2.24, 2.45) is 0 Å². The Balaban J connectivity index is 1.94.